The molecule has 0 radical (unpaired) electrons. The van der Waals surface area contributed by atoms with Gasteiger partial charge < -0.3 is 5.32 Å². The lowest BCUT2D eigenvalue weighted by molar-refractivity contribution is 0.601. The highest BCUT2D eigenvalue weighted by Crippen LogP contribution is 2.29. The zero-order valence-corrected chi connectivity index (χ0v) is 18.4. The van der Waals surface area contributed by atoms with E-state index in [-0.39, 0.29) is 4.90 Å². The predicted octanol–water partition coefficient (Wildman–Crippen LogP) is 5.11. The molecule has 11 heteroatoms. The number of nitriles is 1. The lowest BCUT2D eigenvalue weighted by atomic mass is 10.3. The largest absolute Gasteiger partial charge is 0.360 e. The zero-order valence-electron chi connectivity index (χ0n) is 15.1. The maximum absolute atomic E-state index is 12.4. The highest BCUT2D eigenvalue weighted by atomic mass is 32.2. The van der Waals surface area contributed by atoms with Crippen LogP contribution >= 0.6 is 34.0 Å². The Hall–Kier alpha value is -3.04. The third-order valence-corrected chi connectivity index (χ3v) is 7.77. The van der Waals surface area contributed by atoms with Gasteiger partial charge in [0.1, 0.15) is 16.6 Å². The second-order valence-electron chi connectivity index (χ2n) is 5.80. The summed E-state index contributed by atoms with van der Waals surface area (Å²) in [6, 6.07) is 12.3. The van der Waals surface area contributed by atoms with Gasteiger partial charge in [-0.05, 0) is 35.7 Å². The molecule has 3 aromatic heterocycles. The summed E-state index contributed by atoms with van der Waals surface area (Å²) in [6.45, 7) is 0. The molecule has 0 spiro atoms. The van der Waals surface area contributed by atoms with E-state index in [9.17, 15) is 13.7 Å². The standard InChI is InChI=1S/C19H13N5O2S4/c20-10-13(18-23-16(12-29-18)17-2-1-8-27-17)11-22-14-3-5-15(6-4-14)30(25,26)24-19-21-7-9-28-19/h1-9,11-12,22H,(H,21,24). The summed E-state index contributed by atoms with van der Waals surface area (Å²) < 4.78 is 27.2. The van der Waals surface area contributed by atoms with Gasteiger partial charge >= 0.3 is 0 Å². The van der Waals surface area contributed by atoms with E-state index in [0.717, 1.165) is 10.6 Å². The minimum atomic E-state index is -3.70. The first kappa shape index (κ1) is 20.2. The van der Waals surface area contributed by atoms with Crippen molar-refractivity contribution in [2.45, 2.75) is 4.90 Å². The van der Waals surface area contributed by atoms with E-state index >= 15 is 0 Å². The van der Waals surface area contributed by atoms with Crippen LogP contribution in [0.3, 0.4) is 0 Å². The molecular weight excluding hydrogens is 459 g/mol. The number of aromatic nitrogens is 2. The van der Waals surface area contributed by atoms with Crippen LogP contribution in [0.25, 0.3) is 16.1 Å². The van der Waals surface area contributed by atoms with Crippen molar-refractivity contribution < 1.29 is 8.42 Å². The molecule has 30 heavy (non-hydrogen) atoms. The molecular formula is C19H13N5O2S4. The van der Waals surface area contributed by atoms with Crippen molar-refractivity contribution in [2.24, 2.45) is 0 Å². The Morgan fingerprint density at radius 3 is 2.60 bits per heavy atom. The molecule has 4 rings (SSSR count). The molecule has 0 aliphatic rings. The van der Waals surface area contributed by atoms with Crippen LogP contribution in [0.1, 0.15) is 5.01 Å². The van der Waals surface area contributed by atoms with Gasteiger partial charge in [0.05, 0.1) is 15.5 Å². The van der Waals surface area contributed by atoms with E-state index in [1.54, 1.807) is 35.0 Å². The van der Waals surface area contributed by atoms with Crippen molar-refractivity contribution in [1.82, 2.24) is 9.97 Å². The van der Waals surface area contributed by atoms with Crippen LogP contribution in [0, 0.1) is 11.3 Å². The van der Waals surface area contributed by atoms with E-state index in [4.69, 9.17) is 0 Å². The van der Waals surface area contributed by atoms with Gasteiger partial charge in [0.15, 0.2) is 5.13 Å². The number of nitrogens with one attached hydrogen (secondary N) is 2. The number of hydrogen-bond donors (Lipinski definition) is 2. The maximum Gasteiger partial charge on any atom is 0.263 e. The van der Waals surface area contributed by atoms with Crippen LogP contribution in [0.5, 0.6) is 0 Å². The van der Waals surface area contributed by atoms with E-state index in [1.165, 1.54) is 41.0 Å². The molecule has 0 unspecified atom stereocenters. The van der Waals surface area contributed by atoms with Gasteiger partial charge in [-0.3, -0.25) is 4.72 Å². The van der Waals surface area contributed by atoms with E-state index in [1.807, 2.05) is 22.9 Å². The number of rotatable bonds is 7. The van der Waals surface area contributed by atoms with Crippen molar-refractivity contribution in [2.75, 3.05) is 10.0 Å². The summed E-state index contributed by atoms with van der Waals surface area (Å²) in [4.78, 5) is 9.61. The molecule has 0 bridgehead atoms. The molecule has 3 heterocycles. The first-order valence-electron chi connectivity index (χ1n) is 8.44. The minimum Gasteiger partial charge on any atom is -0.360 e. The highest BCUT2D eigenvalue weighted by molar-refractivity contribution is 7.93. The summed E-state index contributed by atoms with van der Waals surface area (Å²) in [5.41, 5.74) is 1.88. The number of allylic oxidation sites excluding steroid dienone is 1. The number of anilines is 2. The van der Waals surface area contributed by atoms with E-state index in [2.05, 4.69) is 26.1 Å². The molecule has 0 amide bonds. The molecule has 0 atom stereocenters. The Bertz CT molecular complexity index is 1300. The fraction of sp³-hybridized carbons (Fsp3) is 0. The fourth-order valence-corrected chi connectivity index (χ4v) is 5.75. The van der Waals surface area contributed by atoms with Gasteiger partial charge in [-0.15, -0.1) is 34.0 Å². The number of hydrogen-bond acceptors (Lipinski definition) is 9. The summed E-state index contributed by atoms with van der Waals surface area (Å²) in [7, 11) is -3.70. The number of nitrogens with zero attached hydrogens (tertiary/aromatic N) is 3. The van der Waals surface area contributed by atoms with Crippen LogP contribution in [0.4, 0.5) is 10.8 Å². The van der Waals surface area contributed by atoms with Crippen LogP contribution in [0.15, 0.2) is 69.8 Å². The average molecular weight is 472 g/mol. The minimum absolute atomic E-state index is 0.119. The Balaban J connectivity index is 1.47. The smallest absolute Gasteiger partial charge is 0.263 e. The van der Waals surface area contributed by atoms with Crippen LogP contribution in [0.2, 0.25) is 0 Å². The van der Waals surface area contributed by atoms with Crippen LogP contribution < -0.4 is 10.0 Å². The quantitative estimate of drug-likeness (QED) is 0.363. The molecule has 0 fully saturated rings. The number of sulfonamides is 1. The molecule has 0 saturated heterocycles. The lowest BCUT2D eigenvalue weighted by Gasteiger charge is -2.06. The van der Waals surface area contributed by atoms with Gasteiger partial charge in [0.25, 0.3) is 10.0 Å². The Kier molecular flexibility index (Phi) is 5.91. The number of thiophene rings is 1. The monoisotopic (exact) mass is 471 g/mol. The molecule has 0 aliphatic heterocycles. The lowest BCUT2D eigenvalue weighted by Crippen LogP contribution is -2.12. The van der Waals surface area contributed by atoms with Crippen molar-refractivity contribution in [3.8, 4) is 16.6 Å². The van der Waals surface area contributed by atoms with Crippen molar-refractivity contribution >= 4 is 60.4 Å². The predicted molar refractivity (Wildman–Crippen MR) is 122 cm³/mol. The van der Waals surface area contributed by atoms with Gasteiger partial charge in [0, 0.05) is 28.8 Å². The average Bonchev–Trinajstić information content (AvgIpc) is 3.51. The van der Waals surface area contributed by atoms with E-state index in [0.29, 0.717) is 21.4 Å². The second-order valence-corrected chi connectivity index (χ2v) is 10.2. The highest BCUT2D eigenvalue weighted by Gasteiger charge is 2.15. The SMILES string of the molecule is N#CC(=CNc1ccc(S(=O)(=O)Nc2nccs2)cc1)c1nc(-c2cccs2)cs1. The van der Waals surface area contributed by atoms with Gasteiger partial charge in [0.2, 0.25) is 0 Å². The Labute approximate surface area is 185 Å². The molecule has 0 aliphatic carbocycles. The normalized spacial score (nSPS) is 11.8. The van der Waals surface area contributed by atoms with Gasteiger partial charge in [-0.1, -0.05) is 6.07 Å². The molecule has 150 valence electrons. The number of benzene rings is 1. The van der Waals surface area contributed by atoms with Crippen molar-refractivity contribution in [1.29, 1.82) is 5.26 Å². The Morgan fingerprint density at radius 1 is 1.10 bits per heavy atom. The first-order valence-corrected chi connectivity index (χ1v) is 12.6. The zero-order chi connectivity index (χ0) is 21.0. The van der Waals surface area contributed by atoms with Crippen molar-refractivity contribution in [3.05, 3.63) is 69.9 Å². The van der Waals surface area contributed by atoms with Crippen molar-refractivity contribution in [3.63, 3.8) is 0 Å². The summed E-state index contributed by atoms with van der Waals surface area (Å²) in [5, 5.41) is 19.0. The third kappa shape index (κ3) is 4.58. The molecule has 2 N–H and O–H groups in total. The molecule has 4 aromatic rings. The fourth-order valence-electron chi connectivity index (χ4n) is 2.41. The van der Waals surface area contributed by atoms with E-state index < -0.39 is 10.0 Å². The summed E-state index contributed by atoms with van der Waals surface area (Å²) in [6.07, 6.45) is 3.09. The first-order chi connectivity index (χ1) is 14.5. The van der Waals surface area contributed by atoms with Crippen LogP contribution in [-0.4, -0.2) is 18.4 Å². The summed E-state index contributed by atoms with van der Waals surface area (Å²) in [5.74, 6) is 0. The third-order valence-electron chi connectivity index (χ3n) is 3.83. The second kappa shape index (κ2) is 8.76. The topological polar surface area (TPSA) is 108 Å². The maximum atomic E-state index is 12.4. The number of thiazole rings is 2. The molecule has 7 nitrogen and oxygen atoms in total. The van der Waals surface area contributed by atoms with Gasteiger partial charge in [-0.2, -0.15) is 5.26 Å². The van der Waals surface area contributed by atoms with Gasteiger partial charge in [-0.25, -0.2) is 18.4 Å². The molecule has 0 saturated carbocycles. The Morgan fingerprint density at radius 2 is 1.93 bits per heavy atom. The van der Waals surface area contributed by atoms with Crippen LogP contribution in [-0.2, 0) is 10.0 Å². The molecule has 1 aromatic carbocycles. The summed E-state index contributed by atoms with van der Waals surface area (Å²) >= 11 is 4.19.